The van der Waals surface area contributed by atoms with Crippen LogP contribution in [-0.2, 0) is 0 Å². The lowest BCUT2D eigenvalue weighted by molar-refractivity contribution is 0.756. The first-order chi connectivity index (χ1) is 8.40. The van der Waals surface area contributed by atoms with E-state index in [4.69, 9.17) is 0 Å². The smallest absolute Gasteiger partial charge is 0.165 e. The summed E-state index contributed by atoms with van der Waals surface area (Å²) in [5, 5.41) is 3.33. The third kappa shape index (κ3) is 1.97. The zero-order valence-electron chi connectivity index (χ0n) is 10.1. The van der Waals surface area contributed by atoms with E-state index in [1.54, 1.807) is 6.33 Å². The highest BCUT2D eigenvalue weighted by molar-refractivity contribution is 5.82. The van der Waals surface area contributed by atoms with Gasteiger partial charge in [-0.1, -0.05) is 13.3 Å². The molecule has 1 aliphatic rings. The van der Waals surface area contributed by atoms with Crippen molar-refractivity contribution >= 4 is 17.0 Å². The lowest BCUT2D eigenvalue weighted by Crippen LogP contribution is -2.04. The molecule has 3 rings (SSSR count). The fraction of sp³-hybridized carbons (Fsp3) is 0.583. The maximum Gasteiger partial charge on any atom is 0.165 e. The van der Waals surface area contributed by atoms with Crippen LogP contribution in [0, 0.1) is 0 Å². The van der Waals surface area contributed by atoms with Crippen LogP contribution in [0.5, 0.6) is 0 Å². The molecule has 0 aliphatic heterocycles. The molecule has 1 aliphatic carbocycles. The Kier molecular flexibility index (Phi) is 2.66. The molecule has 1 saturated carbocycles. The molecule has 0 aromatic carbocycles. The Labute approximate surface area is 100 Å². The van der Waals surface area contributed by atoms with Crippen molar-refractivity contribution in [1.29, 1.82) is 0 Å². The highest BCUT2D eigenvalue weighted by Crippen LogP contribution is 2.37. The molecule has 1 fully saturated rings. The predicted octanol–water partition coefficient (Wildman–Crippen LogP) is 2.37. The summed E-state index contributed by atoms with van der Waals surface area (Å²) in [6.45, 7) is 3.12. The van der Waals surface area contributed by atoms with E-state index in [1.807, 2.05) is 6.33 Å². The Balaban J connectivity index is 1.90. The number of rotatable bonds is 5. The molecule has 5 heteroatoms. The monoisotopic (exact) mass is 231 g/mol. The fourth-order valence-corrected chi connectivity index (χ4v) is 1.98. The maximum absolute atomic E-state index is 4.43. The van der Waals surface area contributed by atoms with Crippen molar-refractivity contribution in [1.82, 2.24) is 19.5 Å². The Morgan fingerprint density at radius 2 is 2.24 bits per heavy atom. The molecule has 0 atom stereocenters. The molecule has 0 spiro atoms. The molecule has 0 saturated heterocycles. The van der Waals surface area contributed by atoms with Crippen LogP contribution in [0.15, 0.2) is 12.7 Å². The summed E-state index contributed by atoms with van der Waals surface area (Å²) in [4.78, 5) is 13.0. The number of hydrogen-bond acceptors (Lipinski definition) is 4. The summed E-state index contributed by atoms with van der Waals surface area (Å²) in [5.74, 6) is 0.864. The van der Waals surface area contributed by atoms with Gasteiger partial charge in [-0.25, -0.2) is 15.0 Å². The summed E-state index contributed by atoms with van der Waals surface area (Å²) in [7, 11) is 0. The van der Waals surface area contributed by atoms with Gasteiger partial charge in [-0.2, -0.15) is 0 Å². The van der Waals surface area contributed by atoms with Crippen molar-refractivity contribution in [3.63, 3.8) is 0 Å². The quantitative estimate of drug-likeness (QED) is 0.803. The Morgan fingerprint density at radius 3 is 3.00 bits per heavy atom. The molecule has 0 amide bonds. The van der Waals surface area contributed by atoms with Crippen LogP contribution in [0.3, 0.4) is 0 Å². The van der Waals surface area contributed by atoms with Crippen molar-refractivity contribution in [3.8, 4) is 0 Å². The molecule has 1 N–H and O–H groups in total. The third-order valence-electron chi connectivity index (χ3n) is 3.12. The molecule has 2 aromatic heterocycles. The molecule has 0 bridgehead atoms. The second-order valence-corrected chi connectivity index (χ2v) is 4.56. The summed E-state index contributed by atoms with van der Waals surface area (Å²) in [6, 6.07) is 0.610. The number of nitrogens with zero attached hydrogens (tertiary/aromatic N) is 4. The van der Waals surface area contributed by atoms with Crippen LogP contribution in [0.1, 0.15) is 38.6 Å². The number of fused-ring (bicyclic) bond motifs is 1. The minimum Gasteiger partial charge on any atom is -0.368 e. The van der Waals surface area contributed by atoms with Gasteiger partial charge in [0.15, 0.2) is 11.5 Å². The van der Waals surface area contributed by atoms with E-state index in [9.17, 15) is 0 Å². The lowest BCUT2D eigenvalue weighted by atomic mass is 10.3. The largest absolute Gasteiger partial charge is 0.368 e. The molecule has 0 unspecified atom stereocenters. The number of nitrogens with one attached hydrogen (secondary N) is 1. The first-order valence-corrected chi connectivity index (χ1v) is 6.31. The highest BCUT2D eigenvalue weighted by atomic mass is 15.2. The van der Waals surface area contributed by atoms with Gasteiger partial charge in [0.1, 0.15) is 11.8 Å². The standard InChI is InChI=1S/C12H17N5/c1-2-3-6-13-11-10-12(15-7-14-11)17(8-16-10)9-4-5-9/h7-9H,2-6H2,1H3,(H,13,14,15). The second kappa shape index (κ2) is 4.31. The van der Waals surface area contributed by atoms with Gasteiger partial charge in [0.2, 0.25) is 0 Å². The van der Waals surface area contributed by atoms with E-state index in [1.165, 1.54) is 19.3 Å². The Morgan fingerprint density at radius 1 is 1.35 bits per heavy atom. The third-order valence-corrected chi connectivity index (χ3v) is 3.12. The summed E-state index contributed by atoms with van der Waals surface area (Å²) in [5.41, 5.74) is 1.86. The SMILES string of the molecule is CCCCNc1ncnc2c1ncn2C1CC1. The van der Waals surface area contributed by atoms with Crippen LogP contribution in [-0.4, -0.2) is 26.1 Å². The number of hydrogen-bond donors (Lipinski definition) is 1. The van der Waals surface area contributed by atoms with Crippen molar-refractivity contribution in [3.05, 3.63) is 12.7 Å². The van der Waals surface area contributed by atoms with E-state index < -0.39 is 0 Å². The summed E-state index contributed by atoms with van der Waals surface area (Å²) >= 11 is 0. The van der Waals surface area contributed by atoms with Crippen LogP contribution in [0.25, 0.3) is 11.2 Å². The number of imidazole rings is 1. The second-order valence-electron chi connectivity index (χ2n) is 4.56. The molecule has 0 radical (unpaired) electrons. The lowest BCUT2D eigenvalue weighted by Gasteiger charge is -2.05. The molecule has 90 valence electrons. The van der Waals surface area contributed by atoms with Gasteiger partial charge in [0, 0.05) is 12.6 Å². The predicted molar refractivity (Wildman–Crippen MR) is 67.0 cm³/mol. The average Bonchev–Trinajstić information content (AvgIpc) is 3.10. The zero-order chi connectivity index (χ0) is 11.7. The van der Waals surface area contributed by atoms with E-state index in [-0.39, 0.29) is 0 Å². The highest BCUT2D eigenvalue weighted by Gasteiger charge is 2.26. The average molecular weight is 231 g/mol. The molecule has 2 heterocycles. The summed E-state index contributed by atoms with van der Waals surface area (Å²) < 4.78 is 2.17. The van der Waals surface area contributed by atoms with Crippen LogP contribution >= 0.6 is 0 Å². The van der Waals surface area contributed by atoms with E-state index in [2.05, 4.69) is 31.8 Å². The van der Waals surface area contributed by atoms with Gasteiger partial charge in [-0.3, -0.25) is 0 Å². The molecular formula is C12H17N5. The Hall–Kier alpha value is -1.65. The molecule has 17 heavy (non-hydrogen) atoms. The van der Waals surface area contributed by atoms with E-state index >= 15 is 0 Å². The maximum atomic E-state index is 4.43. The van der Waals surface area contributed by atoms with Crippen LogP contribution in [0.4, 0.5) is 5.82 Å². The zero-order valence-corrected chi connectivity index (χ0v) is 10.1. The molecular weight excluding hydrogens is 214 g/mol. The van der Waals surface area contributed by atoms with Crippen molar-refractivity contribution in [2.24, 2.45) is 0 Å². The molecule has 2 aromatic rings. The van der Waals surface area contributed by atoms with Crippen LogP contribution < -0.4 is 5.32 Å². The van der Waals surface area contributed by atoms with Crippen molar-refractivity contribution in [2.45, 2.75) is 38.6 Å². The minimum absolute atomic E-state index is 0.610. The fourth-order valence-electron chi connectivity index (χ4n) is 1.98. The number of anilines is 1. The Bertz CT molecular complexity index is 515. The van der Waals surface area contributed by atoms with Gasteiger partial charge >= 0.3 is 0 Å². The van der Waals surface area contributed by atoms with Gasteiger partial charge in [-0.05, 0) is 19.3 Å². The van der Waals surface area contributed by atoms with Gasteiger partial charge in [-0.15, -0.1) is 0 Å². The first-order valence-electron chi connectivity index (χ1n) is 6.31. The first kappa shape index (κ1) is 10.5. The summed E-state index contributed by atoms with van der Waals surface area (Å²) in [6.07, 6.45) is 8.33. The van der Waals surface area contributed by atoms with Gasteiger partial charge < -0.3 is 9.88 Å². The van der Waals surface area contributed by atoms with E-state index in [0.717, 1.165) is 29.9 Å². The number of aromatic nitrogens is 4. The number of unbranched alkanes of at least 4 members (excludes halogenated alkanes) is 1. The topological polar surface area (TPSA) is 55.6 Å². The minimum atomic E-state index is 0.610. The van der Waals surface area contributed by atoms with Gasteiger partial charge in [0.05, 0.1) is 6.33 Å². The van der Waals surface area contributed by atoms with Crippen LogP contribution in [0.2, 0.25) is 0 Å². The van der Waals surface area contributed by atoms with Gasteiger partial charge in [0.25, 0.3) is 0 Å². The van der Waals surface area contributed by atoms with Crippen molar-refractivity contribution in [2.75, 3.05) is 11.9 Å². The van der Waals surface area contributed by atoms with E-state index in [0.29, 0.717) is 6.04 Å². The normalized spacial score (nSPS) is 15.4. The molecule has 5 nitrogen and oxygen atoms in total. The van der Waals surface area contributed by atoms with Crippen molar-refractivity contribution < 1.29 is 0 Å².